The first kappa shape index (κ1) is 22.2. The summed E-state index contributed by atoms with van der Waals surface area (Å²) in [4.78, 5) is 23.7. The van der Waals surface area contributed by atoms with E-state index in [1.54, 1.807) is 0 Å². The van der Waals surface area contributed by atoms with Crippen LogP contribution in [0.3, 0.4) is 0 Å². The fourth-order valence-corrected chi connectivity index (χ4v) is 4.34. The van der Waals surface area contributed by atoms with Gasteiger partial charge >= 0.3 is 12.4 Å². The summed E-state index contributed by atoms with van der Waals surface area (Å²) in [5.41, 5.74) is 0.499. The zero-order chi connectivity index (χ0) is 21.6. The highest BCUT2D eigenvalue weighted by atomic mass is 32.2. The molecule has 0 unspecified atom stereocenters. The average molecular weight is 461 g/mol. The fraction of sp³-hybridized carbons (Fsp3) is 0.412. The number of imide groups is 1. The van der Waals surface area contributed by atoms with Crippen molar-refractivity contribution in [2.75, 3.05) is 11.1 Å². The van der Waals surface area contributed by atoms with Gasteiger partial charge in [-0.1, -0.05) is 35.9 Å². The van der Waals surface area contributed by atoms with E-state index in [0.717, 1.165) is 37.4 Å². The van der Waals surface area contributed by atoms with Crippen molar-refractivity contribution in [2.24, 2.45) is 0 Å². The zero-order valence-corrected chi connectivity index (χ0v) is 17.1. The molecule has 8 nitrogen and oxygen atoms in total. The minimum atomic E-state index is -4.75. The summed E-state index contributed by atoms with van der Waals surface area (Å²) in [6.45, 7) is 0. The lowest BCUT2D eigenvalue weighted by Crippen LogP contribution is -2.44. The van der Waals surface area contributed by atoms with Crippen LogP contribution >= 0.6 is 23.1 Å². The molecule has 1 aromatic heterocycles. The van der Waals surface area contributed by atoms with Crippen molar-refractivity contribution in [1.29, 1.82) is 0 Å². The third kappa shape index (κ3) is 7.37. The third-order valence-corrected chi connectivity index (χ3v) is 5.99. The molecule has 3 N–H and O–H groups in total. The predicted octanol–water partition coefficient (Wildman–Crippen LogP) is 4.04. The average Bonchev–Trinajstić information content (AvgIpc) is 3.32. The van der Waals surface area contributed by atoms with E-state index in [9.17, 15) is 22.8 Å². The zero-order valence-electron chi connectivity index (χ0n) is 15.5. The molecule has 1 saturated carbocycles. The number of nitrogens with one attached hydrogen (secondary N) is 3. The van der Waals surface area contributed by atoms with Gasteiger partial charge in [0.1, 0.15) is 5.75 Å². The smallest absolute Gasteiger partial charge is 0.406 e. The van der Waals surface area contributed by atoms with Crippen LogP contribution in [0.1, 0.15) is 25.7 Å². The number of thioether (sulfide) groups is 1. The number of aromatic nitrogens is 2. The van der Waals surface area contributed by atoms with Gasteiger partial charge in [-0.15, -0.1) is 23.4 Å². The van der Waals surface area contributed by atoms with E-state index >= 15 is 0 Å². The highest BCUT2D eigenvalue weighted by Crippen LogP contribution is 2.29. The molecule has 0 radical (unpaired) electrons. The first-order valence-corrected chi connectivity index (χ1v) is 10.8. The van der Waals surface area contributed by atoms with Crippen LogP contribution in [-0.2, 0) is 4.79 Å². The summed E-state index contributed by atoms with van der Waals surface area (Å²) < 4.78 is 40.8. The second kappa shape index (κ2) is 9.98. The Balaban J connectivity index is 1.42. The Morgan fingerprint density at radius 3 is 2.53 bits per heavy atom. The molecule has 162 valence electrons. The summed E-state index contributed by atoms with van der Waals surface area (Å²) in [7, 11) is 0. The number of benzene rings is 1. The van der Waals surface area contributed by atoms with E-state index in [2.05, 4.69) is 30.9 Å². The summed E-state index contributed by atoms with van der Waals surface area (Å²) >= 11 is 2.29. The van der Waals surface area contributed by atoms with Gasteiger partial charge in [0.15, 0.2) is 4.34 Å². The molecule has 0 atom stereocenters. The first-order chi connectivity index (χ1) is 14.3. The van der Waals surface area contributed by atoms with Gasteiger partial charge < -0.3 is 15.4 Å². The van der Waals surface area contributed by atoms with Crippen molar-refractivity contribution < 1.29 is 27.5 Å². The van der Waals surface area contributed by atoms with Gasteiger partial charge in [-0.25, -0.2) is 4.79 Å². The largest absolute Gasteiger partial charge is 0.573 e. The summed E-state index contributed by atoms with van der Waals surface area (Å²) in [5.74, 6) is -0.777. The van der Waals surface area contributed by atoms with Gasteiger partial charge in [0, 0.05) is 11.7 Å². The number of rotatable bonds is 7. The number of carbonyl (C=O) groups excluding carboxylic acids is 2. The minimum absolute atomic E-state index is 0.00377. The van der Waals surface area contributed by atoms with Crippen molar-refractivity contribution in [2.45, 2.75) is 42.4 Å². The topological polar surface area (TPSA) is 105 Å². The SMILES string of the molecule is O=C(CSc1nnc(Nc2ccc(OC(F)(F)F)cc2)s1)NC(=O)NC1CCCC1. The maximum absolute atomic E-state index is 12.2. The van der Waals surface area contributed by atoms with Gasteiger partial charge in [-0.05, 0) is 37.1 Å². The van der Waals surface area contributed by atoms with Crippen molar-refractivity contribution >= 4 is 45.9 Å². The molecule has 1 aliphatic carbocycles. The Labute approximate surface area is 178 Å². The normalized spacial score (nSPS) is 14.4. The van der Waals surface area contributed by atoms with Crippen molar-refractivity contribution in [3.05, 3.63) is 24.3 Å². The summed E-state index contributed by atoms with van der Waals surface area (Å²) in [5, 5.41) is 16.2. The van der Waals surface area contributed by atoms with Crippen LogP contribution < -0.4 is 20.7 Å². The van der Waals surface area contributed by atoms with Crippen LogP contribution in [0.15, 0.2) is 28.6 Å². The van der Waals surface area contributed by atoms with Crippen LogP contribution in [0, 0.1) is 0 Å². The van der Waals surface area contributed by atoms with Gasteiger partial charge in [-0.2, -0.15) is 0 Å². The number of nitrogens with zero attached hydrogens (tertiary/aromatic N) is 2. The Hall–Kier alpha value is -2.54. The fourth-order valence-electron chi connectivity index (χ4n) is 2.76. The molecule has 3 amide bonds. The Morgan fingerprint density at radius 1 is 1.17 bits per heavy atom. The minimum Gasteiger partial charge on any atom is -0.406 e. The van der Waals surface area contributed by atoms with E-state index in [1.165, 1.54) is 35.6 Å². The third-order valence-electron chi connectivity index (χ3n) is 4.02. The number of halogens is 3. The monoisotopic (exact) mass is 461 g/mol. The number of hydrogen-bond donors (Lipinski definition) is 3. The molecule has 0 saturated heterocycles. The quantitative estimate of drug-likeness (QED) is 0.535. The van der Waals surface area contributed by atoms with Gasteiger partial charge in [0.05, 0.1) is 5.75 Å². The van der Waals surface area contributed by atoms with Crippen LogP contribution in [0.5, 0.6) is 5.75 Å². The van der Waals surface area contributed by atoms with Crippen LogP contribution in [0.25, 0.3) is 0 Å². The van der Waals surface area contributed by atoms with Crippen LogP contribution in [0.2, 0.25) is 0 Å². The first-order valence-electron chi connectivity index (χ1n) is 8.96. The molecule has 3 rings (SSSR count). The Bertz CT molecular complexity index is 870. The maximum Gasteiger partial charge on any atom is 0.573 e. The summed E-state index contributed by atoms with van der Waals surface area (Å²) in [6.07, 6.45) is -0.741. The van der Waals surface area contributed by atoms with E-state index in [4.69, 9.17) is 0 Å². The molecule has 0 bridgehead atoms. The number of alkyl halides is 3. The number of urea groups is 1. The highest BCUT2D eigenvalue weighted by molar-refractivity contribution is 8.01. The van der Waals surface area contributed by atoms with Gasteiger partial charge in [0.2, 0.25) is 11.0 Å². The van der Waals surface area contributed by atoms with Crippen molar-refractivity contribution in [3.8, 4) is 5.75 Å². The number of amides is 3. The molecule has 0 spiro atoms. The van der Waals surface area contributed by atoms with Gasteiger partial charge in [0.25, 0.3) is 0 Å². The van der Waals surface area contributed by atoms with E-state index in [0.29, 0.717) is 15.2 Å². The predicted molar refractivity (Wildman–Crippen MR) is 106 cm³/mol. The van der Waals surface area contributed by atoms with E-state index in [-0.39, 0.29) is 17.5 Å². The molecule has 1 aromatic carbocycles. The van der Waals surface area contributed by atoms with Crippen LogP contribution in [-0.4, -0.2) is 40.3 Å². The highest BCUT2D eigenvalue weighted by Gasteiger charge is 2.31. The maximum atomic E-state index is 12.2. The number of carbonyl (C=O) groups is 2. The Morgan fingerprint density at radius 2 is 1.87 bits per heavy atom. The lowest BCUT2D eigenvalue weighted by Gasteiger charge is -2.11. The van der Waals surface area contributed by atoms with Gasteiger partial charge in [-0.3, -0.25) is 10.1 Å². The molecule has 2 aromatic rings. The standard InChI is InChI=1S/C17H18F3N5O3S2/c18-17(19,20)28-12-7-5-11(6-8-12)22-15-24-25-16(30-15)29-9-13(26)23-14(27)21-10-3-1-2-4-10/h5-8,10H,1-4,9H2,(H,22,24)(H2,21,23,26,27). The molecular weight excluding hydrogens is 443 g/mol. The Kier molecular flexibility index (Phi) is 7.37. The molecular formula is C17H18F3N5O3S2. The van der Waals surface area contributed by atoms with Crippen molar-refractivity contribution in [1.82, 2.24) is 20.8 Å². The molecule has 13 heteroatoms. The second-order valence-corrected chi connectivity index (χ2v) is 8.56. The molecule has 1 aliphatic rings. The molecule has 1 fully saturated rings. The van der Waals surface area contributed by atoms with E-state index < -0.39 is 18.3 Å². The number of ether oxygens (including phenoxy) is 1. The lowest BCUT2D eigenvalue weighted by atomic mass is 10.2. The number of anilines is 2. The lowest BCUT2D eigenvalue weighted by molar-refractivity contribution is -0.274. The van der Waals surface area contributed by atoms with E-state index in [1.807, 2.05) is 0 Å². The number of hydrogen-bond acceptors (Lipinski definition) is 8. The molecule has 1 heterocycles. The van der Waals surface area contributed by atoms with Crippen LogP contribution in [0.4, 0.5) is 28.8 Å². The summed E-state index contributed by atoms with van der Waals surface area (Å²) in [6, 6.07) is 4.79. The second-order valence-electron chi connectivity index (χ2n) is 6.36. The molecule has 30 heavy (non-hydrogen) atoms. The van der Waals surface area contributed by atoms with Crippen molar-refractivity contribution in [3.63, 3.8) is 0 Å². The molecule has 0 aliphatic heterocycles.